The Labute approximate surface area is 331 Å². The summed E-state index contributed by atoms with van der Waals surface area (Å²) in [6, 6.07) is -1.53. The Morgan fingerprint density at radius 2 is 1.02 bits per heavy atom. The van der Waals surface area contributed by atoms with Crippen LogP contribution in [0.2, 0.25) is 0 Å². The van der Waals surface area contributed by atoms with Crippen LogP contribution in [-0.2, 0) is 37.5 Å². The second-order valence-corrected chi connectivity index (χ2v) is 14.8. The number of unbranched alkanes of at least 4 members (excludes halogenated alkanes) is 11. The van der Waals surface area contributed by atoms with Gasteiger partial charge in [0.2, 0.25) is 0 Å². The van der Waals surface area contributed by atoms with Crippen LogP contribution in [0.1, 0.15) is 149 Å². The van der Waals surface area contributed by atoms with Gasteiger partial charge in [-0.1, -0.05) is 132 Å². The van der Waals surface area contributed by atoms with E-state index in [1.54, 1.807) is 0 Å². The van der Waals surface area contributed by atoms with Gasteiger partial charge >= 0.3 is 25.7 Å². The third kappa shape index (κ3) is 37.6. The maximum atomic E-state index is 12.6. The van der Waals surface area contributed by atoms with Crippen LogP contribution >= 0.6 is 7.82 Å². The summed E-state index contributed by atoms with van der Waals surface area (Å²) in [7, 11) is -4.73. The number of carbonyl (C=O) groups is 3. The second kappa shape index (κ2) is 37.8. The van der Waals surface area contributed by atoms with Gasteiger partial charge in [-0.3, -0.25) is 23.4 Å². The molecule has 11 nitrogen and oxygen atoms in total. The number of carboxylic acids is 1. The first-order valence-corrected chi connectivity index (χ1v) is 22.0. The highest BCUT2D eigenvalue weighted by Gasteiger charge is 2.28. The number of hydrogen-bond acceptors (Lipinski definition) is 9. The van der Waals surface area contributed by atoms with Crippen molar-refractivity contribution >= 4 is 25.7 Å². The first-order valence-electron chi connectivity index (χ1n) is 20.5. The molecule has 55 heavy (non-hydrogen) atoms. The molecule has 314 valence electrons. The van der Waals surface area contributed by atoms with Crippen LogP contribution < -0.4 is 5.73 Å². The molecule has 0 saturated carbocycles. The summed E-state index contributed by atoms with van der Waals surface area (Å²) < 4.78 is 32.6. The minimum absolute atomic E-state index is 0.126. The fourth-order valence-electron chi connectivity index (χ4n) is 4.95. The van der Waals surface area contributed by atoms with Gasteiger partial charge in [0.25, 0.3) is 0 Å². The zero-order valence-corrected chi connectivity index (χ0v) is 34.6. The molecule has 0 radical (unpaired) electrons. The lowest BCUT2D eigenvalue weighted by Gasteiger charge is -2.20. The highest BCUT2D eigenvalue weighted by atomic mass is 31.2. The van der Waals surface area contributed by atoms with Crippen molar-refractivity contribution in [3.63, 3.8) is 0 Å². The number of ether oxygens (including phenoxy) is 2. The van der Waals surface area contributed by atoms with E-state index in [0.29, 0.717) is 12.8 Å². The number of allylic oxidation sites excluding steroid dienone is 12. The number of phosphoric ester groups is 1. The molecule has 0 rings (SSSR count). The van der Waals surface area contributed by atoms with Crippen LogP contribution in [0.25, 0.3) is 0 Å². The van der Waals surface area contributed by atoms with Gasteiger partial charge in [-0.05, 0) is 77.0 Å². The van der Waals surface area contributed by atoms with Crippen LogP contribution in [-0.4, -0.2) is 59.9 Å². The predicted octanol–water partition coefficient (Wildman–Crippen LogP) is 10.6. The number of aliphatic carboxylic acids is 1. The zero-order valence-electron chi connectivity index (χ0n) is 33.7. The lowest BCUT2D eigenvalue weighted by Crippen LogP contribution is -2.34. The molecule has 12 heteroatoms. The Bertz CT molecular complexity index is 1210. The molecule has 0 aromatic heterocycles. The first-order chi connectivity index (χ1) is 26.6. The van der Waals surface area contributed by atoms with Crippen LogP contribution in [0.4, 0.5) is 0 Å². The molecule has 0 aliphatic rings. The standard InChI is InChI=1S/C43H72NO10P/c1-3-5-7-9-11-13-15-17-19-20-21-23-25-27-29-31-33-35-42(46)54-39(37-52-55(49,50)53-38-40(44)43(47)48)36-51-41(45)34-32-30-28-26-24-22-18-16-14-12-10-8-6-4-2/h5,7,10-13,16-19,21,23,39-40H,3-4,6,8-9,14-15,20,22,24-38,44H2,1-2H3,(H,47,48)(H,49,50)/b7-5-,12-10-,13-11-,18-16-,19-17-,23-21-. The van der Waals surface area contributed by atoms with Crippen molar-refractivity contribution < 1.29 is 47.5 Å². The van der Waals surface area contributed by atoms with Crippen molar-refractivity contribution in [3.8, 4) is 0 Å². The molecule has 0 fully saturated rings. The first kappa shape index (κ1) is 51.9. The number of carboxylic acid groups (broad SMARTS) is 1. The summed E-state index contributed by atoms with van der Waals surface area (Å²) in [6.45, 7) is 2.58. The highest BCUT2D eigenvalue weighted by molar-refractivity contribution is 7.47. The summed E-state index contributed by atoms with van der Waals surface area (Å²) >= 11 is 0. The molecule has 3 atom stereocenters. The molecule has 0 saturated heterocycles. The third-order valence-electron chi connectivity index (χ3n) is 8.19. The van der Waals surface area contributed by atoms with E-state index >= 15 is 0 Å². The number of esters is 2. The Kier molecular flexibility index (Phi) is 35.7. The second-order valence-electron chi connectivity index (χ2n) is 13.4. The fraction of sp³-hybridized carbons (Fsp3) is 0.651. The molecule has 0 heterocycles. The lowest BCUT2D eigenvalue weighted by molar-refractivity contribution is -0.161. The summed E-state index contributed by atoms with van der Waals surface area (Å²) in [5.74, 6) is -2.44. The molecule has 0 aliphatic carbocycles. The number of phosphoric acid groups is 1. The molecule has 0 amide bonds. The van der Waals surface area contributed by atoms with E-state index in [1.807, 2.05) is 0 Å². The monoisotopic (exact) mass is 793 g/mol. The normalized spacial score (nSPS) is 14.5. The van der Waals surface area contributed by atoms with Crippen molar-refractivity contribution in [1.82, 2.24) is 0 Å². The van der Waals surface area contributed by atoms with Crippen molar-refractivity contribution in [2.75, 3.05) is 19.8 Å². The van der Waals surface area contributed by atoms with Crippen LogP contribution in [0, 0.1) is 0 Å². The van der Waals surface area contributed by atoms with Crippen molar-refractivity contribution in [3.05, 3.63) is 72.9 Å². The number of rotatable bonds is 37. The Morgan fingerprint density at radius 3 is 1.53 bits per heavy atom. The van der Waals surface area contributed by atoms with E-state index < -0.39 is 51.1 Å². The Hall–Kier alpha value is -3.08. The van der Waals surface area contributed by atoms with E-state index in [0.717, 1.165) is 96.3 Å². The smallest absolute Gasteiger partial charge is 0.472 e. The zero-order chi connectivity index (χ0) is 40.7. The van der Waals surface area contributed by atoms with E-state index in [2.05, 4.69) is 91.3 Å². The maximum absolute atomic E-state index is 12.6. The van der Waals surface area contributed by atoms with Crippen molar-refractivity contribution in [2.45, 2.75) is 161 Å². The lowest BCUT2D eigenvalue weighted by atomic mass is 10.1. The topological polar surface area (TPSA) is 172 Å². The van der Waals surface area contributed by atoms with E-state index in [9.17, 15) is 23.8 Å². The van der Waals surface area contributed by atoms with Crippen LogP contribution in [0.15, 0.2) is 72.9 Å². The van der Waals surface area contributed by atoms with Gasteiger partial charge < -0.3 is 25.2 Å². The molecular formula is C43H72NO10P. The van der Waals surface area contributed by atoms with E-state index in [1.165, 1.54) is 12.8 Å². The van der Waals surface area contributed by atoms with Crippen LogP contribution in [0.5, 0.6) is 0 Å². The average Bonchev–Trinajstić information content (AvgIpc) is 3.16. The summed E-state index contributed by atoms with van der Waals surface area (Å²) in [4.78, 5) is 45.9. The van der Waals surface area contributed by atoms with Crippen molar-refractivity contribution in [1.29, 1.82) is 0 Å². The summed E-state index contributed by atoms with van der Waals surface area (Å²) in [6.07, 6.45) is 43.9. The minimum Gasteiger partial charge on any atom is -0.480 e. The maximum Gasteiger partial charge on any atom is 0.472 e. The highest BCUT2D eigenvalue weighted by Crippen LogP contribution is 2.43. The quantitative estimate of drug-likeness (QED) is 0.0236. The van der Waals surface area contributed by atoms with Gasteiger partial charge in [0.05, 0.1) is 13.2 Å². The average molecular weight is 794 g/mol. The molecule has 0 aliphatic heterocycles. The van der Waals surface area contributed by atoms with Gasteiger partial charge in [0.15, 0.2) is 6.10 Å². The molecule has 0 bridgehead atoms. The summed E-state index contributed by atoms with van der Waals surface area (Å²) in [5, 5.41) is 8.88. The largest absolute Gasteiger partial charge is 0.480 e. The van der Waals surface area contributed by atoms with Gasteiger partial charge in [-0.25, -0.2) is 4.57 Å². The molecule has 0 aromatic carbocycles. The van der Waals surface area contributed by atoms with Gasteiger partial charge in [0, 0.05) is 12.8 Å². The molecule has 0 aromatic rings. The Morgan fingerprint density at radius 1 is 0.582 bits per heavy atom. The van der Waals surface area contributed by atoms with Gasteiger partial charge in [-0.2, -0.15) is 0 Å². The number of hydrogen-bond donors (Lipinski definition) is 3. The van der Waals surface area contributed by atoms with E-state index in [-0.39, 0.29) is 19.4 Å². The van der Waals surface area contributed by atoms with Gasteiger partial charge in [-0.15, -0.1) is 0 Å². The molecular weight excluding hydrogens is 721 g/mol. The number of nitrogens with two attached hydrogens (primary N) is 1. The molecule has 4 N–H and O–H groups in total. The third-order valence-corrected chi connectivity index (χ3v) is 9.14. The Balaban J connectivity index is 4.49. The van der Waals surface area contributed by atoms with E-state index in [4.69, 9.17) is 24.8 Å². The molecule has 0 spiro atoms. The number of carbonyl (C=O) groups excluding carboxylic acids is 2. The minimum atomic E-state index is -4.73. The van der Waals surface area contributed by atoms with Crippen molar-refractivity contribution in [2.24, 2.45) is 5.73 Å². The fourth-order valence-corrected chi connectivity index (χ4v) is 5.73. The SMILES string of the molecule is CC/C=C\C/C=C\C/C=C\C/C=C\CCCCCCC(=O)OC(COC(=O)CCCCCCC/C=C\C/C=C\CCCC)COP(=O)(O)OCC(N)C(=O)O. The molecule has 3 unspecified atom stereocenters. The van der Waals surface area contributed by atoms with Gasteiger partial charge in [0.1, 0.15) is 12.6 Å². The predicted molar refractivity (Wildman–Crippen MR) is 221 cm³/mol. The van der Waals surface area contributed by atoms with Crippen LogP contribution in [0.3, 0.4) is 0 Å². The summed E-state index contributed by atoms with van der Waals surface area (Å²) in [5.41, 5.74) is 5.32.